The van der Waals surface area contributed by atoms with Gasteiger partial charge in [-0.3, -0.25) is 14.2 Å². The lowest BCUT2D eigenvalue weighted by Gasteiger charge is -2.04. The Morgan fingerprint density at radius 2 is 1.95 bits per heavy atom. The molecule has 0 radical (unpaired) electrons. The van der Waals surface area contributed by atoms with E-state index in [0.29, 0.717) is 11.5 Å². The molecule has 0 saturated heterocycles. The molecule has 0 spiro atoms. The standard InChI is InChI=1S/C14H11N3O2/c1-10(18)19-14-8-16-13-7-15-12(9-17(13)14)11-5-3-2-4-6-11/h2-9H,1H3. The SMILES string of the molecule is CC(=O)Oc1cnc2cnc(-c3ccccc3)cn12. The molecule has 94 valence electrons. The minimum absolute atomic E-state index is 0.375. The van der Waals surface area contributed by atoms with E-state index < -0.39 is 0 Å². The van der Waals surface area contributed by atoms with Crippen molar-refractivity contribution in [2.24, 2.45) is 0 Å². The first kappa shape index (κ1) is 11.4. The van der Waals surface area contributed by atoms with Gasteiger partial charge in [-0.2, -0.15) is 0 Å². The first-order valence-corrected chi connectivity index (χ1v) is 5.81. The molecule has 1 aromatic carbocycles. The first-order valence-electron chi connectivity index (χ1n) is 5.81. The van der Waals surface area contributed by atoms with Gasteiger partial charge in [0.15, 0.2) is 5.65 Å². The smallest absolute Gasteiger partial charge is 0.309 e. The third-order valence-electron chi connectivity index (χ3n) is 2.68. The lowest BCUT2D eigenvalue weighted by molar-refractivity contribution is -0.132. The third-order valence-corrected chi connectivity index (χ3v) is 2.68. The van der Waals surface area contributed by atoms with E-state index in [2.05, 4.69) is 9.97 Å². The van der Waals surface area contributed by atoms with E-state index in [9.17, 15) is 4.79 Å². The van der Waals surface area contributed by atoms with Crippen molar-refractivity contribution in [3.63, 3.8) is 0 Å². The van der Waals surface area contributed by atoms with Gasteiger partial charge in [0.1, 0.15) is 0 Å². The molecule has 5 nitrogen and oxygen atoms in total. The van der Waals surface area contributed by atoms with Gasteiger partial charge in [-0.1, -0.05) is 30.3 Å². The highest BCUT2D eigenvalue weighted by Gasteiger charge is 2.08. The van der Waals surface area contributed by atoms with E-state index in [4.69, 9.17) is 4.74 Å². The number of hydrogen-bond acceptors (Lipinski definition) is 4. The molecular weight excluding hydrogens is 242 g/mol. The topological polar surface area (TPSA) is 56.5 Å². The quantitative estimate of drug-likeness (QED) is 0.658. The summed E-state index contributed by atoms with van der Waals surface area (Å²) in [5.74, 6) is 0.0157. The number of carbonyl (C=O) groups is 1. The van der Waals surface area contributed by atoms with Crippen molar-refractivity contribution in [3.05, 3.63) is 48.9 Å². The number of imidazole rings is 1. The highest BCUT2D eigenvalue weighted by atomic mass is 16.5. The highest BCUT2D eigenvalue weighted by Crippen LogP contribution is 2.20. The molecule has 3 rings (SSSR count). The Labute approximate surface area is 109 Å². The van der Waals surface area contributed by atoms with Gasteiger partial charge in [0, 0.05) is 18.7 Å². The molecule has 0 aliphatic heterocycles. The van der Waals surface area contributed by atoms with E-state index in [0.717, 1.165) is 11.3 Å². The van der Waals surface area contributed by atoms with Crippen molar-refractivity contribution in [2.45, 2.75) is 6.92 Å². The largest absolute Gasteiger partial charge is 0.407 e. The predicted molar refractivity (Wildman–Crippen MR) is 69.7 cm³/mol. The van der Waals surface area contributed by atoms with Crippen LogP contribution < -0.4 is 4.74 Å². The van der Waals surface area contributed by atoms with Crippen LogP contribution in [0.4, 0.5) is 0 Å². The van der Waals surface area contributed by atoms with E-state index in [-0.39, 0.29) is 5.97 Å². The summed E-state index contributed by atoms with van der Waals surface area (Å²) in [6.45, 7) is 1.36. The average molecular weight is 253 g/mol. The van der Waals surface area contributed by atoms with Crippen LogP contribution in [0.2, 0.25) is 0 Å². The zero-order valence-corrected chi connectivity index (χ0v) is 10.3. The molecule has 19 heavy (non-hydrogen) atoms. The summed E-state index contributed by atoms with van der Waals surface area (Å²) in [5, 5.41) is 0. The zero-order valence-electron chi connectivity index (χ0n) is 10.3. The number of aromatic nitrogens is 3. The van der Waals surface area contributed by atoms with Gasteiger partial charge >= 0.3 is 5.97 Å². The van der Waals surface area contributed by atoms with Crippen LogP contribution in [0.3, 0.4) is 0 Å². The van der Waals surface area contributed by atoms with E-state index >= 15 is 0 Å². The number of ether oxygens (including phenoxy) is 1. The Morgan fingerprint density at radius 3 is 2.68 bits per heavy atom. The number of hydrogen-bond donors (Lipinski definition) is 0. The molecule has 0 N–H and O–H groups in total. The molecule has 5 heteroatoms. The summed E-state index contributed by atoms with van der Waals surface area (Å²) >= 11 is 0. The van der Waals surface area contributed by atoms with Gasteiger partial charge in [0.2, 0.25) is 5.88 Å². The van der Waals surface area contributed by atoms with Crippen LogP contribution in [0.5, 0.6) is 5.88 Å². The highest BCUT2D eigenvalue weighted by molar-refractivity contribution is 5.69. The lowest BCUT2D eigenvalue weighted by atomic mass is 10.2. The summed E-state index contributed by atoms with van der Waals surface area (Å²) in [7, 11) is 0. The molecule has 0 saturated carbocycles. The van der Waals surface area contributed by atoms with Crippen molar-refractivity contribution in [3.8, 4) is 17.1 Å². The van der Waals surface area contributed by atoms with Crippen LogP contribution >= 0.6 is 0 Å². The maximum absolute atomic E-state index is 11.0. The fraction of sp³-hybridized carbons (Fsp3) is 0.0714. The Morgan fingerprint density at radius 1 is 1.16 bits per heavy atom. The minimum Gasteiger partial charge on any atom is -0.407 e. The molecule has 3 aromatic rings. The zero-order chi connectivity index (χ0) is 13.2. The third kappa shape index (κ3) is 2.18. The molecule has 0 atom stereocenters. The fourth-order valence-electron chi connectivity index (χ4n) is 1.85. The second kappa shape index (κ2) is 4.53. The van der Waals surface area contributed by atoms with Crippen LogP contribution in [0, 0.1) is 0 Å². The molecule has 0 bridgehead atoms. The van der Waals surface area contributed by atoms with E-state index in [1.54, 1.807) is 16.8 Å². The normalized spacial score (nSPS) is 10.6. The van der Waals surface area contributed by atoms with Crippen LogP contribution in [0.15, 0.2) is 48.9 Å². The summed E-state index contributed by atoms with van der Waals surface area (Å²) in [6, 6.07) is 9.78. The number of nitrogens with zero attached hydrogens (tertiary/aromatic N) is 3. The Balaban J connectivity index is 2.11. The van der Waals surface area contributed by atoms with Gasteiger partial charge in [-0.15, -0.1) is 0 Å². The molecule has 2 aromatic heterocycles. The maximum Gasteiger partial charge on any atom is 0.309 e. The fourth-order valence-corrected chi connectivity index (χ4v) is 1.85. The van der Waals surface area contributed by atoms with Crippen molar-refractivity contribution < 1.29 is 9.53 Å². The minimum atomic E-state index is -0.375. The Hall–Kier alpha value is -2.69. The number of fused-ring (bicyclic) bond motifs is 1. The molecule has 0 amide bonds. The maximum atomic E-state index is 11.0. The summed E-state index contributed by atoms with van der Waals surface area (Å²) in [6.07, 6.45) is 4.96. The second-order valence-corrected chi connectivity index (χ2v) is 4.06. The van der Waals surface area contributed by atoms with Crippen molar-refractivity contribution >= 4 is 11.6 Å². The van der Waals surface area contributed by atoms with Crippen LogP contribution in [0.25, 0.3) is 16.9 Å². The van der Waals surface area contributed by atoms with Gasteiger partial charge in [0.25, 0.3) is 0 Å². The number of rotatable bonds is 2. The number of esters is 1. The van der Waals surface area contributed by atoms with E-state index in [1.807, 2.05) is 30.3 Å². The monoisotopic (exact) mass is 253 g/mol. The van der Waals surface area contributed by atoms with Crippen LogP contribution in [0.1, 0.15) is 6.92 Å². The summed E-state index contributed by atoms with van der Waals surface area (Å²) < 4.78 is 6.80. The number of benzene rings is 1. The van der Waals surface area contributed by atoms with Gasteiger partial charge in [-0.05, 0) is 0 Å². The van der Waals surface area contributed by atoms with Crippen LogP contribution in [-0.2, 0) is 4.79 Å². The molecule has 2 heterocycles. The summed E-state index contributed by atoms with van der Waals surface area (Å²) in [4.78, 5) is 19.5. The van der Waals surface area contributed by atoms with Crippen molar-refractivity contribution in [1.82, 2.24) is 14.4 Å². The summed E-state index contributed by atoms with van der Waals surface area (Å²) in [5.41, 5.74) is 2.42. The molecule has 0 fully saturated rings. The molecule has 0 unspecified atom stereocenters. The Bertz CT molecular complexity index is 735. The van der Waals surface area contributed by atoms with Gasteiger partial charge in [-0.25, -0.2) is 4.98 Å². The van der Waals surface area contributed by atoms with Crippen molar-refractivity contribution in [2.75, 3.05) is 0 Å². The predicted octanol–water partition coefficient (Wildman–Crippen LogP) is 2.32. The molecule has 0 aliphatic rings. The van der Waals surface area contributed by atoms with E-state index in [1.165, 1.54) is 13.1 Å². The molecule has 0 aliphatic carbocycles. The van der Waals surface area contributed by atoms with Crippen LogP contribution in [-0.4, -0.2) is 20.3 Å². The van der Waals surface area contributed by atoms with Crippen molar-refractivity contribution in [1.29, 1.82) is 0 Å². The van der Waals surface area contributed by atoms with Gasteiger partial charge in [0.05, 0.1) is 18.1 Å². The first-order chi connectivity index (χ1) is 9.24. The number of carbonyl (C=O) groups excluding carboxylic acids is 1. The average Bonchev–Trinajstić information content (AvgIpc) is 2.82. The second-order valence-electron chi connectivity index (χ2n) is 4.06. The lowest BCUT2D eigenvalue weighted by Crippen LogP contribution is -2.04. The molecular formula is C14H11N3O2. The van der Waals surface area contributed by atoms with Gasteiger partial charge < -0.3 is 4.74 Å². The Kier molecular flexibility index (Phi) is 2.72.